The number of benzene rings is 2. The van der Waals surface area contributed by atoms with Gasteiger partial charge in [0.25, 0.3) is 11.8 Å². The number of nitrogens with zero attached hydrogens (tertiary/aromatic N) is 1. The second kappa shape index (κ2) is 8.26. The van der Waals surface area contributed by atoms with E-state index in [9.17, 15) is 14.4 Å². The van der Waals surface area contributed by atoms with Gasteiger partial charge in [0.05, 0.1) is 17.3 Å². The van der Waals surface area contributed by atoms with Gasteiger partial charge >= 0.3 is 5.97 Å². The third-order valence-corrected chi connectivity index (χ3v) is 4.63. The van der Waals surface area contributed by atoms with Crippen molar-refractivity contribution in [3.63, 3.8) is 0 Å². The monoisotopic (exact) mass is 444 g/mol. The minimum absolute atomic E-state index is 0.0207. The molecular formula is C20H17BrN2O5. The van der Waals surface area contributed by atoms with E-state index in [0.717, 1.165) is 0 Å². The largest absolute Gasteiger partial charge is 0.478 e. The number of amides is 2. The maximum atomic E-state index is 12.6. The molecule has 2 amide bonds. The smallest absolute Gasteiger partial charge is 0.346 e. The van der Waals surface area contributed by atoms with Crippen molar-refractivity contribution >= 4 is 45.5 Å². The van der Waals surface area contributed by atoms with Crippen LogP contribution in [0.4, 0.5) is 5.69 Å². The summed E-state index contributed by atoms with van der Waals surface area (Å²) < 4.78 is 10.7. The van der Waals surface area contributed by atoms with Crippen molar-refractivity contribution in [1.29, 1.82) is 0 Å². The lowest BCUT2D eigenvalue weighted by Gasteiger charge is -2.14. The molecule has 0 bridgehead atoms. The molecule has 2 aromatic rings. The molecule has 8 heteroatoms. The van der Waals surface area contributed by atoms with Gasteiger partial charge in [-0.25, -0.2) is 9.80 Å². The molecule has 1 saturated heterocycles. The summed E-state index contributed by atoms with van der Waals surface area (Å²) >= 11 is 3.37. The van der Waals surface area contributed by atoms with E-state index in [0.29, 0.717) is 21.5 Å². The zero-order chi connectivity index (χ0) is 20.3. The molecule has 1 N–H and O–H groups in total. The lowest BCUT2D eigenvalue weighted by Crippen LogP contribution is -2.35. The Balaban J connectivity index is 1.81. The van der Waals surface area contributed by atoms with Crippen LogP contribution in [0.15, 0.2) is 58.6 Å². The Bertz CT molecular complexity index is 958. The van der Waals surface area contributed by atoms with Crippen LogP contribution in [0.5, 0.6) is 5.75 Å². The van der Waals surface area contributed by atoms with Gasteiger partial charge in [-0.2, -0.15) is 0 Å². The second-order valence-electron chi connectivity index (χ2n) is 5.95. The molecule has 0 aromatic heterocycles. The molecule has 0 unspecified atom stereocenters. The maximum absolute atomic E-state index is 12.6. The second-order valence-corrected chi connectivity index (χ2v) is 6.80. The summed E-state index contributed by atoms with van der Waals surface area (Å²) in [5, 5.41) is 1.21. The Hall–Kier alpha value is -3.13. The fourth-order valence-corrected chi connectivity index (χ4v) is 3.08. The molecule has 3 rings (SSSR count). The summed E-state index contributed by atoms with van der Waals surface area (Å²) in [6, 6.07) is 13.9. The van der Waals surface area contributed by atoms with Crippen molar-refractivity contribution in [1.82, 2.24) is 5.43 Å². The van der Waals surface area contributed by atoms with Gasteiger partial charge in [-0.3, -0.25) is 15.0 Å². The topological polar surface area (TPSA) is 84.9 Å². The lowest BCUT2D eigenvalue weighted by atomic mass is 10.1. The molecule has 0 saturated carbocycles. The predicted octanol–water partition coefficient (Wildman–Crippen LogP) is 2.85. The van der Waals surface area contributed by atoms with Gasteiger partial charge in [-0.1, -0.05) is 24.3 Å². The van der Waals surface area contributed by atoms with Crippen LogP contribution in [0.3, 0.4) is 0 Å². The van der Waals surface area contributed by atoms with Crippen LogP contribution in [-0.2, 0) is 19.1 Å². The number of rotatable bonds is 5. The Labute approximate surface area is 170 Å². The molecule has 1 aliphatic heterocycles. The van der Waals surface area contributed by atoms with Gasteiger partial charge in [-0.15, -0.1) is 0 Å². The van der Waals surface area contributed by atoms with Crippen molar-refractivity contribution in [2.75, 3.05) is 12.1 Å². The summed E-state index contributed by atoms with van der Waals surface area (Å²) in [6.45, 7) is 1.58. The Morgan fingerprint density at radius 3 is 2.54 bits per heavy atom. The third-order valence-electron chi connectivity index (χ3n) is 4.01. The van der Waals surface area contributed by atoms with E-state index < -0.39 is 23.9 Å². The normalized spacial score (nSPS) is 16.1. The fourth-order valence-electron chi connectivity index (χ4n) is 2.59. The van der Waals surface area contributed by atoms with Crippen LogP contribution in [0, 0.1) is 0 Å². The number of halogens is 1. The number of carbonyl (C=O) groups excluding carboxylic acids is 3. The van der Waals surface area contributed by atoms with Gasteiger partial charge in [0, 0.05) is 0 Å². The van der Waals surface area contributed by atoms with Crippen LogP contribution < -0.4 is 15.2 Å². The lowest BCUT2D eigenvalue weighted by molar-refractivity contribution is -0.147. The molecule has 7 nitrogen and oxygen atoms in total. The zero-order valence-corrected chi connectivity index (χ0v) is 16.7. The molecule has 1 fully saturated rings. The Morgan fingerprint density at radius 2 is 1.89 bits per heavy atom. The summed E-state index contributed by atoms with van der Waals surface area (Å²) in [5.41, 5.74) is 3.77. The molecule has 144 valence electrons. The molecule has 0 spiro atoms. The van der Waals surface area contributed by atoms with Gasteiger partial charge in [0.1, 0.15) is 11.3 Å². The van der Waals surface area contributed by atoms with E-state index in [4.69, 9.17) is 4.74 Å². The number of esters is 1. The molecule has 2 aromatic carbocycles. The number of hydrogen-bond donors (Lipinski definition) is 1. The van der Waals surface area contributed by atoms with E-state index in [1.165, 1.54) is 18.2 Å². The average molecular weight is 445 g/mol. The molecule has 0 aliphatic carbocycles. The molecule has 0 radical (unpaired) electrons. The number of carbonyl (C=O) groups is 3. The Morgan fingerprint density at radius 1 is 1.18 bits per heavy atom. The average Bonchev–Trinajstić information content (AvgIpc) is 2.98. The highest BCUT2D eigenvalue weighted by Gasteiger charge is 2.34. The fraction of sp³-hybridized carbons (Fsp3) is 0.150. The first-order valence-electron chi connectivity index (χ1n) is 8.37. The Kier molecular flexibility index (Phi) is 5.79. The number of hydrazine groups is 1. The molecule has 28 heavy (non-hydrogen) atoms. The maximum Gasteiger partial charge on any atom is 0.346 e. The number of methoxy groups -OCH3 is 1. The van der Waals surface area contributed by atoms with E-state index in [-0.39, 0.29) is 5.57 Å². The first-order valence-corrected chi connectivity index (χ1v) is 9.16. The van der Waals surface area contributed by atoms with Crippen molar-refractivity contribution in [2.24, 2.45) is 0 Å². The summed E-state index contributed by atoms with van der Waals surface area (Å²) in [7, 11) is 1.29. The highest BCUT2D eigenvalue weighted by atomic mass is 79.9. The van der Waals surface area contributed by atoms with Crippen LogP contribution in [0.25, 0.3) is 6.08 Å². The first kappa shape index (κ1) is 19.6. The first-order chi connectivity index (χ1) is 13.4. The summed E-state index contributed by atoms with van der Waals surface area (Å²) in [5.74, 6) is -0.975. The van der Waals surface area contributed by atoms with E-state index >= 15 is 0 Å². The van der Waals surface area contributed by atoms with Crippen LogP contribution in [0.2, 0.25) is 0 Å². The SMILES string of the molecule is COC(=O)[C@H](C)Oc1ccc(/C=C2/C(=O)NN(c3ccccc3)C2=O)cc1Br. The number of anilines is 1. The van der Waals surface area contributed by atoms with Crippen LogP contribution >= 0.6 is 15.9 Å². The molecule has 1 heterocycles. The van der Waals surface area contributed by atoms with Crippen molar-refractivity contribution < 1.29 is 23.9 Å². The quantitative estimate of drug-likeness (QED) is 0.435. The zero-order valence-electron chi connectivity index (χ0n) is 15.1. The van der Waals surface area contributed by atoms with Crippen molar-refractivity contribution in [3.8, 4) is 5.75 Å². The van der Waals surface area contributed by atoms with Crippen LogP contribution in [0.1, 0.15) is 12.5 Å². The highest BCUT2D eigenvalue weighted by molar-refractivity contribution is 9.10. The minimum Gasteiger partial charge on any atom is -0.478 e. The van der Waals surface area contributed by atoms with Crippen LogP contribution in [-0.4, -0.2) is 31.0 Å². The highest BCUT2D eigenvalue weighted by Crippen LogP contribution is 2.29. The summed E-state index contributed by atoms with van der Waals surface area (Å²) in [4.78, 5) is 36.3. The summed E-state index contributed by atoms with van der Waals surface area (Å²) in [6.07, 6.45) is 0.728. The number of para-hydroxylation sites is 1. The van der Waals surface area contributed by atoms with Gasteiger partial charge in [0.15, 0.2) is 6.10 Å². The van der Waals surface area contributed by atoms with E-state index in [1.54, 1.807) is 49.4 Å². The van der Waals surface area contributed by atoms with Gasteiger partial charge < -0.3 is 9.47 Å². The van der Waals surface area contributed by atoms with Crippen molar-refractivity contribution in [2.45, 2.75) is 13.0 Å². The minimum atomic E-state index is -0.771. The standard InChI is InChI=1S/C20H17BrN2O5/c1-12(20(26)27-2)28-17-9-8-13(11-16(17)21)10-15-18(24)22-23(19(15)25)14-6-4-3-5-7-14/h3-12H,1-2H3,(H,22,24)/b15-10-/t12-/m0/s1. The molecule has 1 atom stereocenters. The van der Waals surface area contributed by atoms with E-state index in [1.807, 2.05) is 6.07 Å². The number of hydrogen-bond acceptors (Lipinski definition) is 5. The van der Waals surface area contributed by atoms with Crippen molar-refractivity contribution in [3.05, 3.63) is 64.1 Å². The molecular weight excluding hydrogens is 428 g/mol. The molecule has 1 aliphatic rings. The van der Waals surface area contributed by atoms with Gasteiger partial charge in [0.2, 0.25) is 0 Å². The number of ether oxygens (including phenoxy) is 2. The third kappa shape index (κ3) is 4.07. The number of nitrogens with one attached hydrogen (secondary N) is 1. The van der Waals surface area contributed by atoms with Gasteiger partial charge in [-0.05, 0) is 58.8 Å². The van der Waals surface area contributed by atoms with E-state index in [2.05, 4.69) is 26.1 Å². The predicted molar refractivity (Wildman–Crippen MR) is 106 cm³/mol.